The Labute approximate surface area is 193 Å². The van der Waals surface area contributed by atoms with Crippen LogP contribution in [0.2, 0.25) is 0 Å². The van der Waals surface area contributed by atoms with Crippen LogP contribution >= 0.6 is 0 Å². The second-order valence-electron chi connectivity index (χ2n) is 10.5. The van der Waals surface area contributed by atoms with Gasteiger partial charge in [-0.3, -0.25) is 0 Å². The Balaban J connectivity index is 1.67. The minimum Gasteiger partial charge on any atom is -0.361 e. The van der Waals surface area contributed by atoms with Gasteiger partial charge in [0, 0.05) is 42.3 Å². The van der Waals surface area contributed by atoms with Crippen molar-refractivity contribution < 1.29 is 0 Å². The van der Waals surface area contributed by atoms with Crippen molar-refractivity contribution in [3.05, 3.63) is 53.0 Å². The number of allylic oxidation sites excluding steroid dienone is 1. The van der Waals surface area contributed by atoms with E-state index in [1.165, 1.54) is 17.3 Å². The van der Waals surface area contributed by atoms with Gasteiger partial charge < -0.3 is 20.9 Å². The number of anilines is 1. The first-order chi connectivity index (χ1) is 15.0. The van der Waals surface area contributed by atoms with Crippen molar-refractivity contribution in [2.24, 2.45) is 10.2 Å². The lowest BCUT2D eigenvalue weighted by Gasteiger charge is -2.49. The van der Waals surface area contributed by atoms with Crippen LogP contribution in [0, 0.1) is 12.3 Å². The monoisotopic (exact) mass is 436 g/mol. The second kappa shape index (κ2) is 9.57. The highest BCUT2D eigenvalue weighted by molar-refractivity contribution is 5.76. The minimum atomic E-state index is 0.0606. The van der Waals surface area contributed by atoms with Crippen molar-refractivity contribution >= 4 is 11.9 Å². The van der Waals surface area contributed by atoms with E-state index in [0.717, 1.165) is 42.8 Å². The zero-order valence-corrected chi connectivity index (χ0v) is 20.8. The summed E-state index contributed by atoms with van der Waals surface area (Å²) in [5, 5.41) is 23.8. The summed E-state index contributed by atoms with van der Waals surface area (Å²) < 4.78 is 0. The molecule has 0 saturated carbocycles. The Hall–Kier alpha value is -2.47. The van der Waals surface area contributed by atoms with Crippen LogP contribution in [0.4, 0.5) is 5.69 Å². The van der Waals surface area contributed by atoms with E-state index in [0.29, 0.717) is 6.04 Å². The standard InChI is InChI=1S/C26H40N6/c1-8-19(16-27)17-28-20-9-10-22(18(2)13-20)23-11-12-24(30-29-23)32(7)21-14-25(3,4)31-26(5,6)15-21/h9-10,12-13,16-17,21,23,27-28,31H,8,11,14-15H2,1-7H3/b19-17-,27-16?. The van der Waals surface area contributed by atoms with Crippen molar-refractivity contribution in [3.63, 3.8) is 0 Å². The molecule has 3 rings (SSSR count). The highest BCUT2D eigenvalue weighted by atomic mass is 15.3. The summed E-state index contributed by atoms with van der Waals surface area (Å²) in [5.74, 6) is 0.986. The predicted octanol–water partition coefficient (Wildman–Crippen LogP) is 6.33. The summed E-state index contributed by atoms with van der Waals surface area (Å²) in [6.45, 7) is 13.3. The van der Waals surface area contributed by atoms with Gasteiger partial charge in [-0.2, -0.15) is 5.11 Å². The van der Waals surface area contributed by atoms with Gasteiger partial charge in [0.25, 0.3) is 0 Å². The van der Waals surface area contributed by atoms with Crippen molar-refractivity contribution in [1.82, 2.24) is 10.2 Å². The molecule has 0 aliphatic carbocycles. The van der Waals surface area contributed by atoms with E-state index < -0.39 is 0 Å². The second-order valence-corrected chi connectivity index (χ2v) is 10.5. The highest BCUT2D eigenvalue weighted by Gasteiger charge is 2.39. The number of nitrogens with zero attached hydrogens (tertiary/aromatic N) is 3. The van der Waals surface area contributed by atoms with Crippen molar-refractivity contribution in [2.75, 3.05) is 12.4 Å². The first kappa shape index (κ1) is 24.2. The Morgan fingerprint density at radius 3 is 2.47 bits per heavy atom. The molecule has 1 atom stereocenters. The Morgan fingerprint density at radius 2 is 1.94 bits per heavy atom. The lowest BCUT2D eigenvalue weighted by atomic mass is 9.79. The Kier molecular flexibility index (Phi) is 7.23. The van der Waals surface area contributed by atoms with E-state index in [1.807, 2.05) is 13.1 Å². The normalized spacial score (nSPS) is 22.9. The summed E-state index contributed by atoms with van der Waals surface area (Å²) in [5.41, 5.74) is 4.62. The smallest absolute Gasteiger partial charge is 0.146 e. The average Bonchev–Trinajstić information content (AvgIpc) is 2.72. The molecule has 0 amide bonds. The van der Waals surface area contributed by atoms with Crippen molar-refractivity contribution in [2.45, 2.75) is 90.4 Å². The van der Waals surface area contributed by atoms with Crippen LogP contribution in [0.15, 0.2) is 52.1 Å². The van der Waals surface area contributed by atoms with Crippen LogP contribution < -0.4 is 10.6 Å². The number of aryl methyl sites for hydroxylation is 1. The van der Waals surface area contributed by atoms with Gasteiger partial charge in [-0.05, 0) is 95.2 Å². The van der Waals surface area contributed by atoms with Crippen LogP contribution in [0.5, 0.6) is 0 Å². The van der Waals surface area contributed by atoms with E-state index in [1.54, 1.807) is 0 Å². The van der Waals surface area contributed by atoms with Gasteiger partial charge in [0.2, 0.25) is 0 Å². The fraction of sp³-hybridized carbons (Fsp3) is 0.577. The lowest BCUT2D eigenvalue weighted by Crippen LogP contribution is -2.61. The third-order valence-corrected chi connectivity index (χ3v) is 6.55. The van der Waals surface area contributed by atoms with Crippen molar-refractivity contribution in [1.29, 1.82) is 5.41 Å². The molecule has 2 aliphatic rings. The molecule has 0 radical (unpaired) electrons. The molecule has 1 unspecified atom stereocenters. The van der Waals surface area contributed by atoms with Gasteiger partial charge in [0.15, 0.2) is 0 Å². The summed E-state index contributed by atoms with van der Waals surface area (Å²) in [6, 6.07) is 6.87. The summed E-state index contributed by atoms with van der Waals surface area (Å²) in [6.07, 6.45) is 9.41. The van der Waals surface area contributed by atoms with E-state index in [2.05, 4.69) is 86.6 Å². The molecular formula is C26H40N6. The molecule has 32 heavy (non-hydrogen) atoms. The number of azo groups is 1. The highest BCUT2D eigenvalue weighted by Crippen LogP contribution is 2.35. The first-order valence-electron chi connectivity index (χ1n) is 11.7. The van der Waals surface area contributed by atoms with E-state index in [4.69, 9.17) is 10.5 Å². The van der Waals surface area contributed by atoms with E-state index in [9.17, 15) is 0 Å². The van der Waals surface area contributed by atoms with Crippen LogP contribution in [0.3, 0.4) is 0 Å². The molecule has 2 aliphatic heterocycles. The van der Waals surface area contributed by atoms with Crippen LogP contribution in [0.25, 0.3) is 0 Å². The largest absolute Gasteiger partial charge is 0.361 e. The molecule has 3 N–H and O–H groups in total. The number of rotatable bonds is 7. The number of nitrogens with one attached hydrogen (secondary N) is 3. The average molecular weight is 437 g/mol. The fourth-order valence-electron chi connectivity index (χ4n) is 5.13. The molecule has 1 aromatic carbocycles. The number of hydrogen-bond acceptors (Lipinski definition) is 6. The third kappa shape index (κ3) is 5.85. The molecule has 0 bridgehead atoms. The maximum atomic E-state index is 7.42. The molecule has 6 nitrogen and oxygen atoms in total. The Bertz CT molecular complexity index is 908. The fourth-order valence-corrected chi connectivity index (χ4v) is 5.13. The molecule has 1 fully saturated rings. The zero-order valence-electron chi connectivity index (χ0n) is 20.8. The SMILES string of the molecule is CC/C(C=N)=C/Nc1ccc(C2CC=C(N(C)C3CC(C)(C)NC(C)(C)C3)N=N2)c(C)c1. The summed E-state index contributed by atoms with van der Waals surface area (Å²) >= 11 is 0. The van der Waals surface area contributed by atoms with E-state index in [-0.39, 0.29) is 17.1 Å². The topological polar surface area (TPSA) is 75.9 Å². The van der Waals surface area contributed by atoms with Gasteiger partial charge in [0.1, 0.15) is 11.9 Å². The zero-order chi connectivity index (χ0) is 23.5. The predicted molar refractivity (Wildman–Crippen MR) is 134 cm³/mol. The molecule has 174 valence electrons. The number of piperidine rings is 1. The van der Waals surface area contributed by atoms with Gasteiger partial charge in [-0.1, -0.05) is 13.0 Å². The summed E-state index contributed by atoms with van der Waals surface area (Å²) in [4.78, 5) is 2.32. The van der Waals surface area contributed by atoms with Gasteiger partial charge >= 0.3 is 0 Å². The van der Waals surface area contributed by atoms with Gasteiger partial charge in [0.05, 0.1) is 0 Å². The maximum Gasteiger partial charge on any atom is 0.146 e. The number of benzene rings is 1. The molecule has 1 aromatic rings. The van der Waals surface area contributed by atoms with Gasteiger partial charge in [-0.25, -0.2) is 0 Å². The van der Waals surface area contributed by atoms with Gasteiger partial charge in [-0.15, -0.1) is 5.11 Å². The quantitative estimate of drug-likeness (QED) is 0.437. The minimum absolute atomic E-state index is 0.0606. The molecule has 2 heterocycles. The molecular weight excluding hydrogens is 396 g/mol. The summed E-state index contributed by atoms with van der Waals surface area (Å²) in [7, 11) is 2.16. The lowest BCUT2D eigenvalue weighted by molar-refractivity contribution is 0.0969. The maximum absolute atomic E-state index is 7.42. The van der Waals surface area contributed by atoms with Crippen LogP contribution in [-0.4, -0.2) is 35.3 Å². The van der Waals surface area contributed by atoms with Crippen molar-refractivity contribution in [3.8, 4) is 0 Å². The number of hydrogen-bond donors (Lipinski definition) is 3. The molecule has 6 heteroatoms. The first-order valence-corrected chi connectivity index (χ1v) is 11.7. The molecule has 1 saturated heterocycles. The molecule has 0 aromatic heterocycles. The third-order valence-electron chi connectivity index (χ3n) is 6.55. The van der Waals surface area contributed by atoms with Crippen LogP contribution in [0.1, 0.15) is 77.5 Å². The van der Waals surface area contributed by atoms with E-state index >= 15 is 0 Å². The Morgan fingerprint density at radius 1 is 1.25 bits per heavy atom. The molecule has 0 spiro atoms. The van der Waals surface area contributed by atoms with Crippen LogP contribution in [-0.2, 0) is 0 Å².